The Hall–Kier alpha value is -0.850. The van der Waals surface area contributed by atoms with Gasteiger partial charge in [-0.05, 0) is 47.1 Å². The number of aromatic nitrogens is 1. The zero-order valence-corrected chi connectivity index (χ0v) is 11.4. The maximum Gasteiger partial charge on any atom is 0.326 e. The first kappa shape index (κ1) is 13.2. The Kier molecular flexibility index (Phi) is 4.98. The largest absolute Gasteiger partial charge is 0.480 e. The topological polar surface area (TPSA) is 62.2 Å². The Morgan fingerprint density at radius 3 is 2.81 bits per heavy atom. The summed E-state index contributed by atoms with van der Waals surface area (Å²) in [5, 5.41) is 12.0. The summed E-state index contributed by atoms with van der Waals surface area (Å²) in [7, 11) is 0. The molecule has 1 aromatic rings. The highest BCUT2D eigenvalue weighted by molar-refractivity contribution is 14.1. The van der Waals surface area contributed by atoms with E-state index in [4.69, 9.17) is 5.11 Å². The summed E-state index contributed by atoms with van der Waals surface area (Å²) in [4.78, 5) is 15.2. The van der Waals surface area contributed by atoms with Crippen LogP contribution in [0, 0.1) is 9.49 Å². The van der Waals surface area contributed by atoms with Crippen LogP contribution >= 0.6 is 22.6 Å². The SMILES string of the molecule is CC(C)CC(Nc1ncccc1I)C(=O)O. The summed E-state index contributed by atoms with van der Waals surface area (Å²) in [6, 6.07) is 3.14. The average molecular weight is 334 g/mol. The van der Waals surface area contributed by atoms with E-state index in [1.807, 2.05) is 26.0 Å². The van der Waals surface area contributed by atoms with Crippen LogP contribution in [0.3, 0.4) is 0 Å². The van der Waals surface area contributed by atoms with E-state index in [0.29, 0.717) is 18.2 Å². The molecule has 88 valence electrons. The summed E-state index contributed by atoms with van der Waals surface area (Å²) < 4.78 is 0.926. The van der Waals surface area contributed by atoms with Crippen LogP contribution in [0.1, 0.15) is 20.3 Å². The van der Waals surface area contributed by atoms with E-state index in [0.717, 1.165) is 3.57 Å². The highest BCUT2D eigenvalue weighted by Gasteiger charge is 2.19. The zero-order chi connectivity index (χ0) is 12.1. The van der Waals surface area contributed by atoms with Crippen LogP contribution in [-0.2, 0) is 4.79 Å². The van der Waals surface area contributed by atoms with Gasteiger partial charge in [0.05, 0.1) is 3.57 Å². The van der Waals surface area contributed by atoms with Crippen molar-refractivity contribution in [2.24, 2.45) is 5.92 Å². The van der Waals surface area contributed by atoms with E-state index in [1.165, 1.54) is 0 Å². The quantitative estimate of drug-likeness (QED) is 0.813. The van der Waals surface area contributed by atoms with Crippen LogP contribution in [0.2, 0.25) is 0 Å². The van der Waals surface area contributed by atoms with Gasteiger partial charge in [-0.3, -0.25) is 0 Å². The Labute approximate surface area is 109 Å². The monoisotopic (exact) mass is 334 g/mol. The van der Waals surface area contributed by atoms with Gasteiger partial charge >= 0.3 is 5.97 Å². The second-order valence-electron chi connectivity index (χ2n) is 4.00. The molecule has 4 nitrogen and oxygen atoms in total. The molecule has 0 spiro atoms. The summed E-state index contributed by atoms with van der Waals surface area (Å²) in [6.07, 6.45) is 2.24. The molecule has 2 N–H and O–H groups in total. The molecule has 1 heterocycles. The molecule has 0 aromatic carbocycles. The van der Waals surface area contributed by atoms with Crippen molar-refractivity contribution in [3.8, 4) is 0 Å². The highest BCUT2D eigenvalue weighted by atomic mass is 127. The van der Waals surface area contributed by atoms with Gasteiger partial charge in [0.1, 0.15) is 11.9 Å². The summed E-state index contributed by atoms with van der Waals surface area (Å²) >= 11 is 2.13. The van der Waals surface area contributed by atoms with Gasteiger partial charge in [-0.2, -0.15) is 0 Å². The van der Waals surface area contributed by atoms with Gasteiger partial charge in [0, 0.05) is 6.20 Å². The third-order valence-corrected chi connectivity index (χ3v) is 2.95. The Morgan fingerprint density at radius 2 is 2.31 bits per heavy atom. The number of nitrogens with zero attached hydrogens (tertiary/aromatic N) is 1. The van der Waals surface area contributed by atoms with Crippen molar-refractivity contribution in [2.75, 3.05) is 5.32 Å². The van der Waals surface area contributed by atoms with Gasteiger partial charge in [0.15, 0.2) is 0 Å². The molecule has 0 bridgehead atoms. The van der Waals surface area contributed by atoms with Crippen molar-refractivity contribution in [3.63, 3.8) is 0 Å². The van der Waals surface area contributed by atoms with Crippen molar-refractivity contribution < 1.29 is 9.90 Å². The fraction of sp³-hybridized carbons (Fsp3) is 0.455. The molecule has 0 radical (unpaired) electrons. The number of carboxylic acid groups (broad SMARTS) is 1. The van der Waals surface area contributed by atoms with E-state index in [2.05, 4.69) is 32.9 Å². The number of hydrogen-bond acceptors (Lipinski definition) is 3. The molecule has 1 unspecified atom stereocenters. The van der Waals surface area contributed by atoms with E-state index < -0.39 is 12.0 Å². The predicted octanol–water partition coefficient (Wildman–Crippen LogP) is 2.60. The normalized spacial score (nSPS) is 12.5. The number of hydrogen-bond donors (Lipinski definition) is 2. The number of carbonyl (C=O) groups is 1. The lowest BCUT2D eigenvalue weighted by atomic mass is 10.0. The lowest BCUT2D eigenvalue weighted by molar-refractivity contribution is -0.138. The number of aliphatic carboxylic acids is 1. The Bertz CT molecular complexity index is 369. The molecular weight excluding hydrogens is 319 g/mol. The van der Waals surface area contributed by atoms with Gasteiger partial charge in [0.25, 0.3) is 0 Å². The minimum Gasteiger partial charge on any atom is -0.480 e. The van der Waals surface area contributed by atoms with Gasteiger partial charge in [0.2, 0.25) is 0 Å². The number of carboxylic acids is 1. The molecule has 0 amide bonds. The summed E-state index contributed by atoms with van der Waals surface area (Å²) in [5.41, 5.74) is 0. The maximum atomic E-state index is 11.1. The standard InChI is InChI=1S/C11H15IN2O2/c1-7(2)6-9(11(15)16)14-10-8(12)4-3-5-13-10/h3-5,7,9H,6H2,1-2H3,(H,13,14)(H,15,16). The number of anilines is 1. The molecule has 1 atom stereocenters. The van der Waals surface area contributed by atoms with Crippen LogP contribution in [0.5, 0.6) is 0 Å². The molecule has 0 saturated carbocycles. The van der Waals surface area contributed by atoms with Gasteiger partial charge in [-0.15, -0.1) is 0 Å². The van der Waals surface area contributed by atoms with Gasteiger partial charge in [-0.1, -0.05) is 13.8 Å². The number of halogens is 1. The van der Waals surface area contributed by atoms with Crippen LogP contribution in [-0.4, -0.2) is 22.1 Å². The number of nitrogens with one attached hydrogen (secondary N) is 1. The molecule has 0 fully saturated rings. The molecule has 1 aromatic heterocycles. The fourth-order valence-corrected chi connectivity index (χ4v) is 1.85. The summed E-state index contributed by atoms with van der Waals surface area (Å²) in [5.74, 6) is 0.126. The molecule has 0 aliphatic heterocycles. The van der Waals surface area contributed by atoms with E-state index in [1.54, 1.807) is 6.20 Å². The Balaban J connectivity index is 2.76. The number of rotatable bonds is 5. The van der Waals surface area contributed by atoms with E-state index >= 15 is 0 Å². The first-order valence-corrected chi connectivity index (χ1v) is 6.18. The van der Waals surface area contributed by atoms with E-state index in [-0.39, 0.29) is 0 Å². The molecule has 16 heavy (non-hydrogen) atoms. The third kappa shape index (κ3) is 3.96. The first-order chi connectivity index (χ1) is 7.50. The smallest absolute Gasteiger partial charge is 0.326 e. The van der Waals surface area contributed by atoms with Crippen molar-refractivity contribution in [3.05, 3.63) is 21.9 Å². The zero-order valence-electron chi connectivity index (χ0n) is 9.27. The summed E-state index contributed by atoms with van der Waals surface area (Å²) in [6.45, 7) is 4.00. The van der Waals surface area contributed by atoms with Crippen LogP contribution < -0.4 is 5.32 Å². The van der Waals surface area contributed by atoms with Crippen LogP contribution in [0.25, 0.3) is 0 Å². The molecule has 1 rings (SSSR count). The van der Waals surface area contributed by atoms with Crippen molar-refractivity contribution in [1.82, 2.24) is 4.98 Å². The Morgan fingerprint density at radius 1 is 1.62 bits per heavy atom. The lowest BCUT2D eigenvalue weighted by Crippen LogP contribution is -2.31. The van der Waals surface area contributed by atoms with Crippen molar-refractivity contribution >= 4 is 34.4 Å². The van der Waals surface area contributed by atoms with Gasteiger partial charge in [-0.25, -0.2) is 9.78 Å². The fourth-order valence-electron chi connectivity index (χ4n) is 1.35. The number of pyridine rings is 1. The third-order valence-electron chi connectivity index (χ3n) is 2.07. The van der Waals surface area contributed by atoms with Crippen molar-refractivity contribution in [2.45, 2.75) is 26.3 Å². The minimum atomic E-state index is -0.838. The highest BCUT2D eigenvalue weighted by Crippen LogP contribution is 2.17. The molecule has 0 saturated heterocycles. The molecule has 5 heteroatoms. The minimum absolute atomic E-state index is 0.329. The van der Waals surface area contributed by atoms with Crippen molar-refractivity contribution in [1.29, 1.82) is 0 Å². The van der Waals surface area contributed by atoms with Gasteiger partial charge < -0.3 is 10.4 Å². The van der Waals surface area contributed by atoms with E-state index in [9.17, 15) is 4.79 Å². The lowest BCUT2D eigenvalue weighted by Gasteiger charge is -2.17. The first-order valence-electron chi connectivity index (χ1n) is 5.10. The average Bonchev–Trinajstić information content (AvgIpc) is 2.19. The maximum absolute atomic E-state index is 11.1. The van der Waals surface area contributed by atoms with Crippen LogP contribution in [0.15, 0.2) is 18.3 Å². The molecule has 0 aliphatic rings. The molecular formula is C11H15IN2O2. The second kappa shape index (κ2) is 6.03. The second-order valence-corrected chi connectivity index (χ2v) is 5.16. The van der Waals surface area contributed by atoms with Crippen LogP contribution in [0.4, 0.5) is 5.82 Å². The predicted molar refractivity (Wildman–Crippen MR) is 71.5 cm³/mol. The molecule has 0 aliphatic carbocycles.